The Morgan fingerprint density at radius 2 is 1.41 bits per heavy atom. The second kappa shape index (κ2) is 19.0. The Bertz CT molecular complexity index is 2180. The van der Waals surface area contributed by atoms with Crippen molar-refractivity contribution in [2.45, 2.75) is 12.8 Å². The number of aliphatic carboxylic acids is 1. The van der Waals surface area contributed by atoms with Crippen LogP contribution in [0.4, 0.5) is 0 Å². The zero-order valence-electron chi connectivity index (χ0n) is 27.0. The summed E-state index contributed by atoms with van der Waals surface area (Å²) < 4.78 is 45.3. The number of halogens is 3. The van der Waals surface area contributed by atoms with E-state index in [4.69, 9.17) is 8.92 Å². The first kappa shape index (κ1) is 42.7. The van der Waals surface area contributed by atoms with Crippen LogP contribution in [0.25, 0.3) is 17.2 Å². The molecule has 0 aromatic heterocycles. The summed E-state index contributed by atoms with van der Waals surface area (Å²) in [5, 5.41) is 64.9. The molecule has 17 nitrogen and oxygen atoms in total. The molecule has 1 aliphatic heterocycles. The van der Waals surface area contributed by atoms with E-state index in [1.54, 1.807) is 0 Å². The zero-order valence-corrected chi connectivity index (χ0v) is 34.2. The Morgan fingerprint density at radius 1 is 0.852 bits per heavy atom. The first-order valence-corrected chi connectivity index (χ1v) is 21.1. The third kappa shape index (κ3) is 11.5. The summed E-state index contributed by atoms with van der Waals surface area (Å²) in [6, 6.07) is 7.43. The molecule has 0 spiro atoms. The van der Waals surface area contributed by atoms with Crippen LogP contribution in [0.15, 0.2) is 65.9 Å². The topological polar surface area (TPSA) is 280 Å². The molecule has 0 saturated carbocycles. The highest BCUT2D eigenvalue weighted by atomic mass is 79.9. The molecule has 6 N–H and O–H groups in total. The van der Waals surface area contributed by atoms with Crippen molar-refractivity contribution < 1.29 is 62.0 Å². The minimum Gasteiger partial charge on any atom is -0.871 e. The van der Waals surface area contributed by atoms with Gasteiger partial charge in [0.25, 0.3) is 22.2 Å². The molecule has 54 heavy (non-hydrogen) atoms. The van der Waals surface area contributed by atoms with E-state index in [0.29, 0.717) is 11.5 Å². The third-order valence-electron chi connectivity index (χ3n) is 7.00. The fourth-order valence-electron chi connectivity index (χ4n) is 4.69. The number of oxime groups is 2. The smallest absolute Gasteiger partial charge is 0.371 e. The number of carbonyl (C=O) groups excluding carboxylic acids is 2. The highest BCUT2D eigenvalue weighted by Gasteiger charge is 2.22. The highest BCUT2D eigenvalue weighted by molar-refractivity contribution is 9.11. The van der Waals surface area contributed by atoms with Gasteiger partial charge in [-0.2, -0.15) is 0 Å². The molecule has 4 rings (SSSR count). The molecule has 3 aromatic carbocycles. The maximum Gasteiger partial charge on any atom is 0.371 e. The largest absolute Gasteiger partial charge is 0.871 e. The SMILES string of the molecule is O=C(O)C1=Cc2cc(Br)c(OS(=O)(=O)[O-])c(c2)-c2cc(cc(Br)c2[O-])C/C(=N\O)C(=O)NCCSSCCNC(=O)/C(=N/O)Cc2cc(Br)c(O)c(c2)O1. The molecule has 288 valence electrons. The Hall–Kier alpha value is -4.00. The van der Waals surface area contributed by atoms with E-state index in [1.807, 2.05) is 0 Å². The van der Waals surface area contributed by atoms with Gasteiger partial charge in [0.15, 0.2) is 17.2 Å². The molecular weight excluding hydrogens is 972 g/mol. The first-order chi connectivity index (χ1) is 25.5. The molecule has 6 bridgehead atoms. The van der Waals surface area contributed by atoms with Crippen molar-refractivity contribution in [1.82, 2.24) is 10.6 Å². The quantitative estimate of drug-likeness (QED) is 0.0708. The summed E-state index contributed by atoms with van der Waals surface area (Å²) in [5.74, 6) is -5.38. The summed E-state index contributed by atoms with van der Waals surface area (Å²) in [6.07, 6.45) is 0.336. The monoisotopic (exact) mass is 994 g/mol. The molecule has 0 aliphatic carbocycles. The highest BCUT2D eigenvalue weighted by Crippen LogP contribution is 2.44. The number of rotatable bonds is 3. The maximum absolute atomic E-state index is 13.5. The number of benzene rings is 3. The third-order valence-corrected chi connectivity index (χ3v) is 11.6. The molecule has 0 radical (unpaired) electrons. The number of hydrogen-bond donors (Lipinski definition) is 6. The summed E-state index contributed by atoms with van der Waals surface area (Å²) in [5.41, 5.74) is -0.857. The van der Waals surface area contributed by atoms with E-state index >= 15 is 0 Å². The molecule has 0 unspecified atom stereocenters. The van der Waals surface area contributed by atoms with Gasteiger partial charge in [-0.25, -0.2) is 13.2 Å². The fraction of sp³-hybridized carbons (Fsp3) is 0.194. The van der Waals surface area contributed by atoms with Gasteiger partial charge >= 0.3 is 5.97 Å². The van der Waals surface area contributed by atoms with E-state index in [-0.39, 0.29) is 78.6 Å². The van der Waals surface area contributed by atoms with Crippen LogP contribution in [0.1, 0.15) is 16.7 Å². The van der Waals surface area contributed by atoms with Crippen molar-refractivity contribution in [2.24, 2.45) is 10.3 Å². The Balaban J connectivity index is 1.91. The Morgan fingerprint density at radius 3 is 1.94 bits per heavy atom. The molecule has 0 fully saturated rings. The van der Waals surface area contributed by atoms with Crippen molar-refractivity contribution in [3.8, 4) is 34.1 Å². The summed E-state index contributed by atoms with van der Waals surface area (Å²) in [4.78, 5) is 38.0. The van der Waals surface area contributed by atoms with Gasteiger partial charge in [-0.05, 0) is 90.5 Å². The predicted octanol–water partition coefficient (Wildman–Crippen LogP) is 4.14. The number of nitrogens with one attached hydrogen (secondary N) is 2. The van der Waals surface area contributed by atoms with Gasteiger partial charge < -0.3 is 49.8 Å². The van der Waals surface area contributed by atoms with Gasteiger partial charge in [0.05, 0.1) is 8.95 Å². The number of carboxylic acids is 1. The summed E-state index contributed by atoms with van der Waals surface area (Å²) in [6.45, 7) is 0.337. The van der Waals surface area contributed by atoms with Crippen LogP contribution in [0.3, 0.4) is 0 Å². The summed E-state index contributed by atoms with van der Waals surface area (Å²) in [7, 11) is -2.70. The van der Waals surface area contributed by atoms with Crippen LogP contribution >= 0.6 is 69.4 Å². The number of ether oxygens (including phenoxy) is 1. The molecule has 2 amide bonds. The van der Waals surface area contributed by atoms with E-state index in [1.165, 1.54) is 45.9 Å². The normalized spacial score (nSPS) is 16.9. The lowest BCUT2D eigenvalue weighted by Crippen LogP contribution is -2.34. The minimum absolute atomic E-state index is 0.0309. The molecule has 1 heterocycles. The number of fused-ring (bicyclic) bond motifs is 7. The van der Waals surface area contributed by atoms with Crippen molar-refractivity contribution in [1.29, 1.82) is 0 Å². The minimum atomic E-state index is -5.45. The van der Waals surface area contributed by atoms with Gasteiger partial charge in [-0.3, -0.25) is 9.59 Å². The van der Waals surface area contributed by atoms with E-state index < -0.39 is 56.9 Å². The number of aromatic hydroxyl groups is 1. The number of carboxylic acid groups (broad SMARTS) is 1. The number of phenolic OH excluding ortho intramolecular Hbond substituents is 1. The van der Waals surface area contributed by atoms with Crippen molar-refractivity contribution in [2.75, 3.05) is 24.6 Å². The van der Waals surface area contributed by atoms with Crippen LogP contribution in [0.2, 0.25) is 0 Å². The van der Waals surface area contributed by atoms with Crippen molar-refractivity contribution >= 4 is 115 Å². The second-order valence-corrected chi connectivity index (χ2v) is 17.0. The zero-order chi connectivity index (χ0) is 39.7. The first-order valence-electron chi connectivity index (χ1n) is 14.9. The maximum atomic E-state index is 13.5. The van der Waals surface area contributed by atoms with Crippen LogP contribution in [-0.4, -0.2) is 87.4 Å². The number of nitrogens with zero attached hydrogens (tertiary/aromatic N) is 2. The average Bonchev–Trinajstić information content (AvgIpc) is 3.10. The average molecular weight is 997 g/mol. The molecule has 0 atom stereocenters. The van der Waals surface area contributed by atoms with Gasteiger partial charge in [0.2, 0.25) is 5.76 Å². The standard InChI is InChI=1S/C31H27Br3N4O13S3/c32-19-7-14-5-17(26(19)39)18-6-15(9-21(34)28(18)51-54(47,48)49)13-25(31(43)44)50-24-12-16(8-20(33)27(24)40)11-23(38-46)30(42)36-2-4-53-52-3-1-35-29(41)22(10-14)37-45/h5-9,12-13,39-40,45-46H,1-4,10-11H2,(H,35,41)(H,36,42)(H,43,44)(H,47,48,49)/p-2/b25-13?,37-22+,38-23+. The summed E-state index contributed by atoms with van der Waals surface area (Å²) >= 11 is 9.41. The molecule has 0 saturated heterocycles. The van der Waals surface area contributed by atoms with Gasteiger partial charge in [-0.15, -0.1) is 0 Å². The van der Waals surface area contributed by atoms with E-state index in [2.05, 4.69) is 68.7 Å². The number of phenols is 1. The Kier molecular flexibility index (Phi) is 15.1. The number of hydrogen-bond acceptors (Lipinski definition) is 16. The molecule has 1 aliphatic rings. The van der Waals surface area contributed by atoms with E-state index in [9.17, 15) is 53.1 Å². The molecule has 23 heteroatoms. The molecular formula is C31H25Br3N4O13S3-2. The lowest BCUT2D eigenvalue weighted by molar-refractivity contribution is -0.268. The lowest BCUT2D eigenvalue weighted by Gasteiger charge is -2.22. The van der Waals surface area contributed by atoms with Gasteiger partial charge in [-0.1, -0.05) is 59.6 Å². The van der Waals surface area contributed by atoms with Crippen LogP contribution in [0, 0.1) is 0 Å². The Labute approximate surface area is 339 Å². The van der Waals surface area contributed by atoms with E-state index in [0.717, 1.165) is 18.2 Å². The van der Waals surface area contributed by atoms with Gasteiger partial charge in [0.1, 0.15) is 11.4 Å². The van der Waals surface area contributed by atoms with Crippen molar-refractivity contribution in [3.63, 3.8) is 0 Å². The van der Waals surface area contributed by atoms with Crippen LogP contribution in [0.5, 0.6) is 23.0 Å². The van der Waals surface area contributed by atoms with Crippen LogP contribution in [-0.2, 0) is 37.6 Å². The van der Waals surface area contributed by atoms with Gasteiger partial charge in [0, 0.05) is 47.5 Å². The fourth-order valence-corrected chi connectivity index (χ4v) is 8.55. The number of carbonyl (C=O) groups is 3. The number of amides is 2. The van der Waals surface area contributed by atoms with Crippen molar-refractivity contribution in [3.05, 3.63) is 72.3 Å². The molecule has 3 aromatic rings. The lowest BCUT2D eigenvalue weighted by atomic mass is 9.97. The van der Waals surface area contributed by atoms with Crippen LogP contribution < -0.4 is 24.7 Å². The predicted molar refractivity (Wildman–Crippen MR) is 206 cm³/mol. The second-order valence-electron chi connectivity index (χ2n) is 10.8.